The summed E-state index contributed by atoms with van der Waals surface area (Å²) in [6, 6.07) is 25.8. The number of methoxy groups -OCH3 is 1. The van der Waals surface area contributed by atoms with Crippen LogP contribution in [0.4, 0.5) is 0 Å². The fourth-order valence-electron chi connectivity index (χ4n) is 3.26. The fraction of sp³-hybridized carbons (Fsp3) is 0.0909. The molecule has 4 rings (SSSR count). The molecule has 0 aliphatic heterocycles. The van der Waals surface area contributed by atoms with E-state index in [1.54, 1.807) is 7.11 Å². The second-order valence-electron chi connectivity index (χ2n) is 6.00. The van der Waals surface area contributed by atoms with Gasteiger partial charge in [0.1, 0.15) is 11.9 Å². The van der Waals surface area contributed by atoms with Gasteiger partial charge in [0, 0.05) is 16.5 Å². The third-order valence-corrected chi connectivity index (χ3v) is 4.48. The maximum atomic E-state index is 11.1. The van der Waals surface area contributed by atoms with Gasteiger partial charge < -0.3 is 14.8 Å². The maximum absolute atomic E-state index is 11.1. The highest BCUT2D eigenvalue weighted by atomic mass is 16.5. The van der Waals surface area contributed by atoms with Crippen molar-refractivity contribution in [3.8, 4) is 16.9 Å². The second kappa shape index (κ2) is 6.46. The lowest BCUT2D eigenvalue weighted by atomic mass is 9.97. The van der Waals surface area contributed by atoms with Crippen LogP contribution < -0.4 is 4.74 Å². The Morgan fingerprint density at radius 2 is 1.64 bits per heavy atom. The van der Waals surface area contributed by atoms with Crippen molar-refractivity contribution in [2.45, 2.75) is 6.10 Å². The first-order valence-electron chi connectivity index (χ1n) is 8.26. The van der Waals surface area contributed by atoms with Crippen LogP contribution in [0, 0.1) is 0 Å². The Morgan fingerprint density at radius 3 is 2.44 bits per heavy atom. The number of hydrogen-bond acceptors (Lipinski definition) is 2. The molecule has 3 nitrogen and oxygen atoms in total. The summed E-state index contributed by atoms with van der Waals surface area (Å²) >= 11 is 0. The van der Waals surface area contributed by atoms with Crippen LogP contribution in [-0.4, -0.2) is 17.2 Å². The summed E-state index contributed by atoms with van der Waals surface area (Å²) in [5.41, 5.74) is 4.71. The van der Waals surface area contributed by atoms with Crippen molar-refractivity contribution < 1.29 is 9.84 Å². The van der Waals surface area contributed by atoms with Crippen LogP contribution in [0.1, 0.15) is 17.4 Å². The maximum Gasteiger partial charge on any atom is 0.120 e. The number of ether oxygens (including phenoxy) is 1. The first-order valence-corrected chi connectivity index (χ1v) is 8.26. The number of H-pyrrole nitrogens is 1. The molecule has 25 heavy (non-hydrogen) atoms. The number of para-hydroxylation sites is 1. The van der Waals surface area contributed by atoms with E-state index in [2.05, 4.69) is 23.2 Å². The minimum atomic E-state index is -0.766. The first kappa shape index (κ1) is 15.5. The zero-order valence-corrected chi connectivity index (χ0v) is 13.9. The topological polar surface area (TPSA) is 45.2 Å². The van der Waals surface area contributed by atoms with Crippen LogP contribution in [0.25, 0.3) is 22.0 Å². The van der Waals surface area contributed by atoms with Gasteiger partial charge in [0.2, 0.25) is 0 Å². The number of rotatable bonds is 4. The molecule has 0 fully saturated rings. The molecule has 1 unspecified atom stereocenters. The summed E-state index contributed by atoms with van der Waals surface area (Å²) in [6.45, 7) is 0. The van der Waals surface area contributed by atoms with Gasteiger partial charge in [0.25, 0.3) is 0 Å². The molecule has 0 spiro atoms. The largest absolute Gasteiger partial charge is 0.497 e. The van der Waals surface area contributed by atoms with Crippen LogP contribution in [0.5, 0.6) is 5.75 Å². The first-order chi connectivity index (χ1) is 12.3. The number of hydrogen-bond donors (Lipinski definition) is 2. The number of fused-ring (bicyclic) bond motifs is 1. The molecule has 1 heterocycles. The third-order valence-electron chi connectivity index (χ3n) is 4.48. The highest BCUT2D eigenvalue weighted by Crippen LogP contribution is 2.38. The standard InChI is InChI=1S/C22H19NO2/c1-25-17-11-7-10-16(14-17)22(24)21-20(15-8-3-2-4-9-15)18-12-5-6-13-19(18)23-21/h2-14,22-24H,1H3. The van der Waals surface area contributed by atoms with E-state index >= 15 is 0 Å². The molecule has 2 N–H and O–H groups in total. The average molecular weight is 329 g/mol. The lowest BCUT2D eigenvalue weighted by Crippen LogP contribution is -2.02. The molecule has 0 bridgehead atoms. The van der Waals surface area contributed by atoms with Gasteiger partial charge in [-0.15, -0.1) is 0 Å². The Bertz CT molecular complexity index is 1000. The van der Waals surface area contributed by atoms with Gasteiger partial charge in [0.15, 0.2) is 0 Å². The molecule has 0 amide bonds. The SMILES string of the molecule is COc1cccc(C(O)c2[nH]c3ccccc3c2-c2ccccc2)c1. The second-order valence-corrected chi connectivity index (χ2v) is 6.00. The summed E-state index contributed by atoms with van der Waals surface area (Å²) in [6.07, 6.45) is -0.766. The molecule has 0 aliphatic carbocycles. The number of aliphatic hydroxyl groups is 1. The predicted molar refractivity (Wildman–Crippen MR) is 101 cm³/mol. The molecular weight excluding hydrogens is 310 g/mol. The highest BCUT2D eigenvalue weighted by molar-refractivity contribution is 5.97. The monoisotopic (exact) mass is 329 g/mol. The predicted octanol–water partition coefficient (Wildman–Crippen LogP) is 4.93. The van der Waals surface area contributed by atoms with E-state index in [0.29, 0.717) is 0 Å². The summed E-state index contributed by atoms with van der Waals surface area (Å²) in [5, 5.41) is 12.2. The van der Waals surface area contributed by atoms with Gasteiger partial charge in [-0.1, -0.05) is 60.7 Å². The number of nitrogens with one attached hydrogen (secondary N) is 1. The summed E-state index contributed by atoms with van der Waals surface area (Å²) in [7, 11) is 1.63. The Balaban J connectivity index is 1.92. The Kier molecular flexibility index (Phi) is 4.00. The lowest BCUT2D eigenvalue weighted by Gasteiger charge is -2.14. The van der Waals surface area contributed by atoms with E-state index in [9.17, 15) is 5.11 Å². The number of benzene rings is 3. The molecule has 0 radical (unpaired) electrons. The van der Waals surface area contributed by atoms with E-state index in [0.717, 1.165) is 39.0 Å². The van der Waals surface area contributed by atoms with Crippen LogP contribution in [0.3, 0.4) is 0 Å². The minimum absolute atomic E-state index is 0.730. The molecule has 0 aliphatic rings. The van der Waals surface area contributed by atoms with Crippen LogP contribution in [-0.2, 0) is 0 Å². The molecule has 1 atom stereocenters. The Morgan fingerprint density at radius 1 is 0.880 bits per heavy atom. The van der Waals surface area contributed by atoms with Gasteiger partial charge >= 0.3 is 0 Å². The van der Waals surface area contributed by atoms with Gasteiger partial charge in [-0.3, -0.25) is 0 Å². The average Bonchev–Trinajstić information content (AvgIpc) is 3.07. The normalized spacial score (nSPS) is 12.2. The molecular formula is C22H19NO2. The zero-order valence-electron chi connectivity index (χ0n) is 13.9. The van der Waals surface area contributed by atoms with E-state index in [1.165, 1.54) is 0 Å². The molecule has 3 heteroatoms. The summed E-state index contributed by atoms with van der Waals surface area (Å²) < 4.78 is 5.29. The highest BCUT2D eigenvalue weighted by Gasteiger charge is 2.21. The van der Waals surface area contributed by atoms with Crippen LogP contribution in [0.15, 0.2) is 78.9 Å². The Labute approximate surface area is 146 Å². The van der Waals surface area contributed by atoms with Gasteiger partial charge in [-0.2, -0.15) is 0 Å². The van der Waals surface area contributed by atoms with Crippen LogP contribution in [0.2, 0.25) is 0 Å². The van der Waals surface area contributed by atoms with E-state index in [1.807, 2.05) is 60.7 Å². The van der Waals surface area contributed by atoms with Crippen molar-refractivity contribution in [1.82, 2.24) is 4.98 Å². The van der Waals surface area contributed by atoms with Crippen molar-refractivity contribution >= 4 is 10.9 Å². The molecule has 4 aromatic rings. The van der Waals surface area contributed by atoms with Crippen molar-refractivity contribution in [2.24, 2.45) is 0 Å². The number of aliphatic hydroxyl groups excluding tert-OH is 1. The minimum Gasteiger partial charge on any atom is -0.497 e. The van der Waals surface area contributed by atoms with Gasteiger partial charge in [-0.25, -0.2) is 0 Å². The molecule has 0 saturated heterocycles. The smallest absolute Gasteiger partial charge is 0.120 e. The van der Waals surface area contributed by atoms with E-state index < -0.39 is 6.10 Å². The Hall–Kier alpha value is -3.04. The third kappa shape index (κ3) is 2.79. The van der Waals surface area contributed by atoms with E-state index in [-0.39, 0.29) is 0 Å². The quantitative estimate of drug-likeness (QED) is 0.558. The van der Waals surface area contributed by atoms with Crippen molar-refractivity contribution in [2.75, 3.05) is 7.11 Å². The van der Waals surface area contributed by atoms with Crippen molar-refractivity contribution in [3.63, 3.8) is 0 Å². The summed E-state index contributed by atoms with van der Waals surface area (Å²) in [5.74, 6) is 0.730. The van der Waals surface area contributed by atoms with Gasteiger partial charge in [0.05, 0.1) is 12.8 Å². The molecule has 1 aromatic heterocycles. The van der Waals surface area contributed by atoms with Crippen molar-refractivity contribution in [3.05, 3.63) is 90.1 Å². The lowest BCUT2D eigenvalue weighted by molar-refractivity contribution is 0.216. The molecule has 3 aromatic carbocycles. The molecule has 124 valence electrons. The summed E-state index contributed by atoms with van der Waals surface area (Å²) in [4.78, 5) is 3.41. The zero-order chi connectivity index (χ0) is 17.2. The van der Waals surface area contributed by atoms with Gasteiger partial charge in [-0.05, 0) is 29.3 Å². The van der Waals surface area contributed by atoms with E-state index in [4.69, 9.17) is 4.74 Å². The van der Waals surface area contributed by atoms with Crippen molar-refractivity contribution in [1.29, 1.82) is 0 Å². The number of aromatic nitrogens is 1. The fourth-order valence-corrected chi connectivity index (χ4v) is 3.26. The van der Waals surface area contributed by atoms with Crippen LogP contribution >= 0.6 is 0 Å². The number of aromatic amines is 1. The molecule has 0 saturated carbocycles.